The zero-order chi connectivity index (χ0) is 18.8. The Morgan fingerprint density at radius 1 is 1.00 bits per heavy atom. The largest absolute Gasteiger partial charge is 0.443 e. The van der Waals surface area contributed by atoms with Gasteiger partial charge in [-0.25, -0.2) is 9.37 Å². The van der Waals surface area contributed by atoms with E-state index in [-0.39, 0.29) is 24.1 Å². The van der Waals surface area contributed by atoms with E-state index in [0.29, 0.717) is 37.3 Å². The molecule has 1 aliphatic heterocycles. The van der Waals surface area contributed by atoms with Crippen LogP contribution in [0.15, 0.2) is 53.3 Å². The Hall–Kier alpha value is -3.22. The van der Waals surface area contributed by atoms with E-state index in [4.69, 9.17) is 4.42 Å². The molecule has 7 heteroatoms. The van der Waals surface area contributed by atoms with Gasteiger partial charge in [0.2, 0.25) is 5.91 Å². The van der Waals surface area contributed by atoms with Crippen LogP contribution in [0.1, 0.15) is 15.9 Å². The van der Waals surface area contributed by atoms with Crippen LogP contribution in [-0.4, -0.2) is 52.8 Å². The Labute approximate surface area is 155 Å². The first-order valence-corrected chi connectivity index (χ1v) is 8.75. The third kappa shape index (κ3) is 3.67. The van der Waals surface area contributed by atoms with Gasteiger partial charge in [0.1, 0.15) is 11.3 Å². The molecule has 6 nitrogen and oxygen atoms in total. The summed E-state index contributed by atoms with van der Waals surface area (Å²) in [6.45, 7) is 1.89. The Morgan fingerprint density at radius 3 is 2.44 bits per heavy atom. The van der Waals surface area contributed by atoms with Crippen LogP contribution in [0, 0.1) is 5.82 Å². The van der Waals surface area contributed by atoms with Crippen LogP contribution in [0.5, 0.6) is 0 Å². The van der Waals surface area contributed by atoms with Crippen LogP contribution in [0.25, 0.3) is 11.1 Å². The number of benzene rings is 2. The zero-order valence-electron chi connectivity index (χ0n) is 14.6. The second kappa shape index (κ2) is 7.19. The van der Waals surface area contributed by atoms with Crippen molar-refractivity contribution >= 4 is 22.9 Å². The monoisotopic (exact) mass is 367 g/mol. The van der Waals surface area contributed by atoms with Crippen LogP contribution in [0.4, 0.5) is 4.39 Å². The quantitative estimate of drug-likeness (QED) is 0.713. The fraction of sp³-hybridized carbons (Fsp3) is 0.250. The fourth-order valence-corrected chi connectivity index (χ4v) is 3.23. The van der Waals surface area contributed by atoms with Gasteiger partial charge in [0.25, 0.3) is 5.91 Å². The maximum atomic E-state index is 13.0. The number of rotatable bonds is 3. The Bertz CT molecular complexity index is 976. The molecule has 1 aromatic heterocycles. The highest BCUT2D eigenvalue weighted by atomic mass is 19.1. The molecule has 3 aromatic rings. The summed E-state index contributed by atoms with van der Waals surface area (Å²) in [7, 11) is 0. The van der Waals surface area contributed by atoms with Crippen molar-refractivity contribution in [3.8, 4) is 0 Å². The number of oxazole rings is 1. The molecule has 2 heterocycles. The van der Waals surface area contributed by atoms with Crippen molar-refractivity contribution < 1.29 is 18.4 Å². The number of nitrogens with zero attached hydrogens (tertiary/aromatic N) is 3. The molecule has 0 unspecified atom stereocenters. The third-order valence-corrected chi connectivity index (χ3v) is 4.76. The molecule has 0 aliphatic carbocycles. The van der Waals surface area contributed by atoms with Crippen molar-refractivity contribution in [1.82, 2.24) is 14.8 Å². The van der Waals surface area contributed by atoms with Gasteiger partial charge < -0.3 is 14.2 Å². The number of halogens is 1. The number of amides is 2. The molecule has 0 spiro atoms. The second-order valence-corrected chi connectivity index (χ2v) is 6.51. The lowest BCUT2D eigenvalue weighted by molar-refractivity contribution is -0.131. The molecule has 1 saturated heterocycles. The van der Waals surface area contributed by atoms with Crippen molar-refractivity contribution in [2.75, 3.05) is 26.2 Å². The van der Waals surface area contributed by atoms with E-state index in [1.54, 1.807) is 9.80 Å². The maximum Gasteiger partial charge on any atom is 0.253 e. The summed E-state index contributed by atoms with van der Waals surface area (Å²) in [5, 5.41) is 0. The number of aromatic nitrogens is 1. The summed E-state index contributed by atoms with van der Waals surface area (Å²) in [4.78, 5) is 32.5. The molecule has 0 N–H and O–H groups in total. The summed E-state index contributed by atoms with van der Waals surface area (Å²) in [5.74, 6) is -0.494. The molecule has 27 heavy (non-hydrogen) atoms. The predicted octanol–water partition coefficient (Wildman–Crippen LogP) is 2.49. The van der Waals surface area contributed by atoms with E-state index >= 15 is 0 Å². The van der Waals surface area contributed by atoms with E-state index in [9.17, 15) is 14.0 Å². The Balaban J connectivity index is 1.34. The molecule has 0 saturated carbocycles. The lowest BCUT2D eigenvalue weighted by atomic mass is 10.1. The molecule has 0 radical (unpaired) electrons. The maximum absolute atomic E-state index is 13.0. The second-order valence-electron chi connectivity index (χ2n) is 6.51. The van der Waals surface area contributed by atoms with E-state index in [2.05, 4.69) is 4.98 Å². The van der Waals surface area contributed by atoms with Crippen LogP contribution < -0.4 is 0 Å². The summed E-state index contributed by atoms with van der Waals surface area (Å²) in [6, 6.07) is 11.0. The van der Waals surface area contributed by atoms with Gasteiger partial charge in [0.15, 0.2) is 12.0 Å². The summed E-state index contributed by atoms with van der Waals surface area (Å²) < 4.78 is 18.3. The van der Waals surface area contributed by atoms with Gasteiger partial charge in [0, 0.05) is 31.7 Å². The topological polar surface area (TPSA) is 66.7 Å². The van der Waals surface area contributed by atoms with Gasteiger partial charge in [0.05, 0.1) is 6.42 Å². The van der Waals surface area contributed by atoms with Crippen molar-refractivity contribution in [3.05, 3.63) is 65.8 Å². The molecule has 2 amide bonds. The van der Waals surface area contributed by atoms with Gasteiger partial charge in [-0.3, -0.25) is 9.59 Å². The number of hydrogen-bond acceptors (Lipinski definition) is 4. The first-order chi connectivity index (χ1) is 13.1. The van der Waals surface area contributed by atoms with Crippen LogP contribution >= 0.6 is 0 Å². The minimum Gasteiger partial charge on any atom is -0.443 e. The molecule has 138 valence electrons. The number of carbonyl (C=O) groups is 2. The van der Waals surface area contributed by atoms with E-state index in [0.717, 1.165) is 11.1 Å². The van der Waals surface area contributed by atoms with Crippen LogP contribution in [0.2, 0.25) is 0 Å². The lowest BCUT2D eigenvalue weighted by Crippen LogP contribution is -2.51. The Morgan fingerprint density at radius 2 is 1.70 bits per heavy atom. The van der Waals surface area contributed by atoms with Crippen molar-refractivity contribution in [2.24, 2.45) is 0 Å². The molecule has 0 atom stereocenters. The van der Waals surface area contributed by atoms with E-state index in [1.807, 2.05) is 18.2 Å². The molecule has 4 rings (SSSR count). The van der Waals surface area contributed by atoms with Gasteiger partial charge in [-0.2, -0.15) is 0 Å². The number of carbonyl (C=O) groups excluding carboxylic acids is 2. The van der Waals surface area contributed by atoms with E-state index in [1.165, 1.54) is 30.7 Å². The minimum absolute atomic E-state index is 0.0164. The standard InChI is InChI=1S/C20H18FN3O3/c21-16-4-2-15(3-5-16)20(26)24-9-7-23(8-10-24)19(25)12-14-1-6-17-18(11-14)27-13-22-17/h1-6,11,13H,7-10,12H2. The van der Waals surface area contributed by atoms with Crippen molar-refractivity contribution in [2.45, 2.75) is 6.42 Å². The van der Waals surface area contributed by atoms with Crippen LogP contribution in [-0.2, 0) is 11.2 Å². The highest BCUT2D eigenvalue weighted by Crippen LogP contribution is 2.16. The molecule has 1 fully saturated rings. The SMILES string of the molecule is O=C(Cc1ccc2ncoc2c1)N1CCN(C(=O)c2ccc(F)cc2)CC1. The first kappa shape index (κ1) is 17.2. The zero-order valence-corrected chi connectivity index (χ0v) is 14.6. The highest BCUT2D eigenvalue weighted by molar-refractivity contribution is 5.94. The van der Waals surface area contributed by atoms with Crippen molar-refractivity contribution in [3.63, 3.8) is 0 Å². The molecule has 2 aromatic carbocycles. The summed E-state index contributed by atoms with van der Waals surface area (Å²) in [5.41, 5.74) is 2.75. The molecule has 1 aliphatic rings. The molecular formula is C20H18FN3O3. The highest BCUT2D eigenvalue weighted by Gasteiger charge is 2.25. The van der Waals surface area contributed by atoms with Gasteiger partial charge in [-0.15, -0.1) is 0 Å². The van der Waals surface area contributed by atoms with Gasteiger partial charge in [-0.05, 0) is 42.0 Å². The van der Waals surface area contributed by atoms with Gasteiger partial charge in [-0.1, -0.05) is 6.07 Å². The predicted molar refractivity (Wildman–Crippen MR) is 96.6 cm³/mol. The average molecular weight is 367 g/mol. The number of fused-ring (bicyclic) bond motifs is 1. The Kier molecular flexibility index (Phi) is 4.58. The normalized spacial score (nSPS) is 14.6. The van der Waals surface area contributed by atoms with E-state index < -0.39 is 0 Å². The smallest absolute Gasteiger partial charge is 0.253 e. The fourth-order valence-electron chi connectivity index (χ4n) is 3.23. The average Bonchev–Trinajstić information content (AvgIpc) is 3.16. The van der Waals surface area contributed by atoms with Gasteiger partial charge >= 0.3 is 0 Å². The third-order valence-electron chi connectivity index (χ3n) is 4.76. The van der Waals surface area contributed by atoms with Crippen molar-refractivity contribution in [1.29, 1.82) is 0 Å². The first-order valence-electron chi connectivity index (χ1n) is 8.75. The number of hydrogen-bond donors (Lipinski definition) is 0. The molecule has 0 bridgehead atoms. The summed E-state index contributed by atoms with van der Waals surface area (Å²) >= 11 is 0. The van der Waals surface area contributed by atoms with Crippen LogP contribution in [0.3, 0.4) is 0 Å². The minimum atomic E-state index is -0.370. The number of piperazine rings is 1. The summed E-state index contributed by atoms with van der Waals surface area (Å²) in [6.07, 6.45) is 1.66. The lowest BCUT2D eigenvalue weighted by Gasteiger charge is -2.35. The molecular weight excluding hydrogens is 349 g/mol.